The van der Waals surface area contributed by atoms with Gasteiger partial charge in [-0.2, -0.15) is 0 Å². The van der Waals surface area contributed by atoms with Crippen molar-refractivity contribution in [3.8, 4) is 0 Å². The number of urea groups is 1. The fourth-order valence-corrected chi connectivity index (χ4v) is 2.04. The van der Waals surface area contributed by atoms with E-state index in [1.54, 1.807) is 4.90 Å². The van der Waals surface area contributed by atoms with E-state index in [2.05, 4.69) is 5.32 Å². The fourth-order valence-electron chi connectivity index (χ4n) is 1.83. The Morgan fingerprint density at radius 2 is 2.00 bits per heavy atom. The number of benzene rings is 1. The van der Waals surface area contributed by atoms with Crippen LogP contribution in [0.2, 0.25) is 5.02 Å². The Bertz CT molecular complexity index is 470. The van der Waals surface area contributed by atoms with Gasteiger partial charge >= 0.3 is 6.03 Å². The van der Waals surface area contributed by atoms with Gasteiger partial charge in [-0.1, -0.05) is 17.7 Å². The van der Waals surface area contributed by atoms with Crippen LogP contribution in [0, 0.1) is 5.82 Å². The van der Waals surface area contributed by atoms with Crippen LogP contribution in [0.5, 0.6) is 0 Å². The summed E-state index contributed by atoms with van der Waals surface area (Å²) in [6.07, 6.45) is 0.753. The summed E-state index contributed by atoms with van der Waals surface area (Å²) in [5.74, 6) is -0.577. The van der Waals surface area contributed by atoms with E-state index >= 15 is 0 Å². The summed E-state index contributed by atoms with van der Waals surface area (Å²) in [7, 11) is 0. The minimum atomic E-state index is -0.577. The lowest BCUT2D eigenvalue weighted by atomic mass is 10.3. The van der Waals surface area contributed by atoms with Gasteiger partial charge in [0.1, 0.15) is 5.82 Å². The lowest BCUT2D eigenvalue weighted by molar-refractivity contribution is -0.119. The maximum Gasteiger partial charge on any atom is 0.322 e. The summed E-state index contributed by atoms with van der Waals surface area (Å²) < 4.78 is 13.5. The number of carbonyl (C=O) groups excluding carboxylic acids is 2. The number of anilines is 1. The topological polar surface area (TPSA) is 52.7 Å². The van der Waals surface area contributed by atoms with Gasteiger partial charge < -0.3 is 15.1 Å². The van der Waals surface area contributed by atoms with Crippen molar-refractivity contribution in [2.45, 2.75) is 0 Å². The van der Waals surface area contributed by atoms with E-state index in [1.807, 2.05) is 0 Å². The summed E-state index contributed by atoms with van der Waals surface area (Å²) in [4.78, 5) is 25.6. The minimum Gasteiger partial charge on any atom is -0.342 e. The number of rotatable bonds is 2. The summed E-state index contributed by atoms with van der Waals surface area (Å²) in [5.41, 5.74) is -0.0213. The van der Waals surface area contributed by atoms with Crippen molar-refractivity contribution in [3.05, 3.63) is 29.0 Å². The van der Waals surface area contributed by atoms with Crippen LogP contribution in [0.25, 0.3) is 0 Å². The van der Waals surface area contributed by atoms with Crippen LogP contribution in [-0.2, 0) is 4.79 Å². The van der Waals surface area contributed by atoms with Crippen LogP contribution >= 0.6 is 11.6 Å². The van der Waals surface area contributed by atoms with Crippen molar-refractivity contribution in [3.63, 3.8) is 0 Å². The largest absolute Gasteiger partial charge is 0.342 e. The lowest BCUT2D eigenvalue weighted by Crippen LogP contribution is -2.49. The molecule has 1 aromatic rings. The minimum absolute atomic E-state index is 0.0213. The second-order valence-corrected chi connectivity index (χ2v) is 4.56. The number of nitrogens with zero attached hydrogens (tertiary/aromatic N) is 2. The molecule has 0 saturated carbocycles. The van der Waals surface area contributed by atoms with Crippen molar-refractivity contribution in [1.29, 1.82) is 0 Å². The molecule has 0 aliphatic carbocycles. The first kappa shape index (κ1) is 13.6. The van der Waals surface area contributed by atoms with E-state index in [0.29, 0.717) is 26.2 Å². The molecular weight excluding hydrogens is 273 g/mol. The predicted octanol–water partition coefficient (Wildman–Crippen LogP) is 1.79. The van der Waals surface area contributed by atoms with Crippen molar-refractivity contribution in [1.82, 2.24) is 9.80 Å². The van der Waals surface area contributed by atoms with Crippen LogP contribution in [0.15, 0.2) is 18.2 Å². The van der Waals surface area contributed by atoms with Crippen LogP contribution in [0.3, 0.4) is 0 Å². The number of carbonyl (C=O) groups is 2. The Hall–Kier alpha value is -1.82. The number of hydrogen-bond acceptors (Lipinski definition) is 2. The van der Waals surface area contributed by atoms with Gasteiger partial charge in [-0.3, -0.25) is 4.79 Å². The fraction of sp³-hybridized carbons (Fsp3) is 0.333. The molecule has 0 atom stereocenters. The molecule has 3 amide bonds. The molecule has 0 spiro atoms. The van der Waals surface area contributed by atoms with E-state index < -0.39 is 11.8 Å². The van der Waals surface area contributed by atoms with Crippen LogP contribution in [-0.4, -0.2) is 48.4 Å². The zero-order chi connectivity index (χ0) is 13.8. The highest BCUT2D eigenvalue weighted by atomic mass is 35.5. The molecular formula is C12H13ClFN3O2. The monoisotopic (exact) mass is 285 g/mol. The molecule has 1 aromatic carbocycles. The zero-order valence-electron chi connectivity index (χ0n) is 10.1. The Morgan fingerprint density at radius 3 is 2.58 bits per heavy atom. The predicted molar refractivity (Wildman–Crippen MR) is 69.6 cm³/mol. The first-order chi connectivity index (χ1) is 9.11. The zero-order valence-corrected chi connectivity index (χ0v) is 10.9. The number of piperazine rings is 1. The summed E-state index contributed by atoms with van der Waals surface area (Å²) >= 11 is 5.83. The molecule has 1 aliphatic rings. The van der Waals surface area contributed by atoms with Gasteiger partial charge in [0.05, 0.1) is 10.7 Å². The van der Waals surface area contributed by atoms with E-state index in [9.17, 15) is 14.0 Å². The van der Waals surface area contributed by atoms with Gasteiger partial charge in [-0.05, 0) is 12.1 Å². The van der Waals surface area contributed by atoms with Crippen LogP contribution in [0.1, 0.15) is 0 Å². The van der Waals surface area contributed by atoms with Crippen molar-refractivity contribution < 1.29 is 14.0 Å². The Balaban J connectivity index is 2.00. The summed E-state index contributed by atoms with van der Waals surface area (Å²) in [5, 5.41) is 2.61. The van der Waals surface area contributed by atoms with Crippen molar-refractivity contribution >= 4 is 29.7 Å². The third-order valence-electron chi connectivity index (χ3n) is 2.95. The average molecular weight is 286 g/mol. The maximum atomic E-state index is 13.5. The van der Waals surface area contributed by atoms with Gasteiger partial charge in [0.15, 0.2) is 0 Å². The molecule has 102 valence electrons. The average Bonchev–Trinajstić information content (AvgIpc) is 2.43. The summed E-state index contributed by atoms with van der Waals surface area (Å²) in [6, 6.07) is 3.78. The van der Waals surface area contributed by atoms with Crippen molar-refractivity contribution in [2.75, 3.05) is 31.5 Å². The SMILES string of the molecule is O=CN1CCN(C(=O)Nc2c(F)cccc2Cl)CC1. The number of para-hydroxylation sites is 1. The Labute approximate surface area is 114 Å². The lowest BCUT2D eigenvalue weighted by Gasteiger charge is -2.32. The number of hydrogen-bond donors (Lipinski definition) is 1. The molecule has 1 aliphatic heterocycles. The number of nitrogens with one attached hydrogen (secondary N) is 1. The second kappa shape index (κ2) is 5.88. The molecule has 0 bridgehead atoms. The van der Waals surface area contributed by atoms with Crippen molar-refractivity contribution in [2.24, 2.45) is 0 Å². The highest BCUT2D eigenvalue weighted by molar-refractivity contribution is 6.33. The van der Waals surface area contributed by atoms with E-state index in [0.717, 1.165) is 6.41 Å². The normalized spacial score (nSPS) is 15.3. The third-order valence-corrected chi connectivity index (χ3v) is 3.26. The molecule has 0 unspecified atom stereocenters. The van der Waals surface area contributed by atoms with E-state index in [-0.39, 0.29) is 10.7 Å². The molecule has 7 heteroatoms. The highest BCUT2D eigenvalue weighted by Crippen LogP contribution is 2.24. The molecule has 0 radical (unpaired) electrons. The molecule has 2 rings (SSSR count). The molecule has 1 heterocycles. The molecule has 1 saturated heterocycles. The van der Waals surface area contributed by atoms with E-state index in [1.165, 1.54) is 23.1 Å². The maximum absolute atomic E-state index is 13.5. The van der Waals surface area contributed by atoms with Gasteiger partial charge in [0.2, 0.25) is 6.41 Å². The third kappa shape index (κ3) is 3.14. The molecule has 1 fully saturated rings. The first-order valence-corrected chi connectivity index (χ1v) is 6.19. The molecule has 19 heavy (non-hydrogen) atoms. The van der Waals surface area contributed by atoms with Gasteiger partial charge in [0.25, 0.3) is 0 Å². The summed E-state index contributed by atoms with van der Waals surface area (Å²) in [6.45, 7) is 1.77. The Kier molecular flexibility index (Phi) is 4.21. The van der Waals surface area contributed by atoms with Gasteiger partial charge in [-0.15, -0.1) is 0 Å². The van der Waals surface area contributed by atoms with Crippen LogP contribution < -0.4 is 5.32 Å². The smallest absolute Gasteiger partial charge is 0.322 e. The van der Waals surface area contributed by atoms with E-state index in [4.69, 9.17) is 11.6 Å². The second-order valence-electron chi connectivity index (χ2n) is 4.16. The molecule has 5 nitrogen and oxygen atoms in total. The number of halogens is 2. The van der Waals surface area contributed by atoms with Crippen LogP contribution in [0.4, 0.5) is 14.9 Å². The van der Waals surface area contributed by atoms with Gasteiger partial charge in [0, 0.05) is 26.2 Å². The molecule has 1 N–H and O–H groups in total. The highest BCUT2D eigenvalue weighted by Gasteiger charge is 2.21. The number of amides is 3. The first-order valence-electron chi connectivity index (χ1n) is 5.81. The Morgan fingerprint density at radius 1 is 1.32 bits per heavy atom. The molecule has 0 aromatic heterocycles. The quantitative estimate of drug-likeness (QED) is 0.842. The van der Waals surface area contributed by atoms with Gasteiger partial charge in [-0.25, -0.2) is 9.18 Å². The standard InChI is InChI=1S/C12H13ClFN3O2/c13-9-2-1-3-10(14)11(9)15-12(19)17-6-4-16(8-18)5-7-17/h1-3,8H,4-7H2,(H,15,19).